The van der Waals surface area contributed by atoms with Gasteiger partial charge in [-0.15, -0.1) is 11.6 Å². The van der Waals surface area contributed by atoms with Gasteiger partial charge in [0.1, 0.15) is 10.7 Å². The van der Waals surface area contributed by atoms with E-state index >= 15 is 0 Å². The molecule has 100 valence electrons. The van der Waals surface area contributed by atoms with E-state index in [4.69, 9.17) is 11.6 Å². The first kappa shape index (κ1) is 13.8. The Bertz CT molecular complexity index is 529. The lowest BCUT2D eigenvalue weighted by molar-refractivity contribution is 0.268. The maximum absolute atomic E-state index is 13.5. The van der Waals surface area contributed by atoms with Gasteiger partial charge in [-0.1, -0.05) is 12.1 Å². The zero-order valence-electron chi connectivity index (χ0n) is 10.0. The van der Waals surface area contributed by atoms with Gasteiger partial charge >= 0.3 is 0 Å². The summed E-state index contributed by atoms with van der Waals surface area (Å²) in [4.78, 5) is -0.269. The molecular weight excluding hydrogens is 277 g/mol. The highest BCUT2D eigenvalue weighted by atomic mass is 35.5. The van der Waals surface area contributed by atoms with Crippen LogP contribution in [0.3, 0.4) is 0 Å². The molecule has 0 spiro atoms. The van der Waals surface area contributed by atoms with Crippen LogP contribution in [0.25, 0.3) is 0 Å². The molecule has 18 heavy (non-hydrogen) atoms. The van der Waals surface area contributed by atoms with E-state index in [0.29, 0.717) is 6.54 Å². The van der Waals surface area contributed by atoms with E-state index in [0.717, 1.165) is 18.9 Å². The Morgan fingerprint density at radius 2 is 2.00 bits per heavy atom. The first-order valence-electron chi connectivity index (χ1n) is 5.76. The molecule has 0 heterocycles. The normalized spacial score (nSPS) is 24.0. The molecule has 2 rings (SSSR count). The number of benzene rings is 1. The summed E-state index contributed by atoms with van der Waals surface area (Å²) in [5, 5.41) is 0.152. The molecule has 1 fully saturated rings. The number of alkyl halides is 1. The van der Waals surface area contributed by atoms with Gasteiger partial charge in [0.2, 0.25) is 10.0 Å². The predicted octanol–water partition coefficient (Wildman–Crippen LogP) is 2.46. The van der Waals surface area contributed by atoms with Gasteiger partial charge in [0.25, 0.3) is 0 Å². The van der Waals surface area contributed by atoms with Crippen molar-refractivity contribution in [2.45, 2.75) is 23.1 Å². The number of nitrogens with zero attached hydrogens (tertiary/aromatic N) is 1. The van der Waals surface area contributed by atoms with Crippen LogP contribution in [0.1, 0.15) is 12.8 Å². The van der Waals surface area contributed by atoms with Crippen molar-refractivity contribution in [3.8, 4) is 0 Å². The summed E-state index contributed by atoms with van der Waals surface area (Å²) in [6.45, 7) is 0.389. The van der Waals surface area contributed by atoms with Gasteiger partial charge in [0.15, 0.2) is 0 Å². The quantitative estimate of drug-likeness (QED) is 0.799. The Kier molecular flexibility index (Phi) is 3.94. The van der Waals surface area contributed by atoms with Crippen molar-refractivity contribution in [2.24, 2.45) is 5.92 Å². The van der Waals surface area contributed by atoms with Gasteiger partial charge in [0, 0.05) is 19.0 Å². The minimum atomic E-state index is -3.74. The fourth-order valence-electron chi connectivity index (χ4n) is 2.09. The van der Waals surface area contributed by atoms with E-state index in [1.165, 1.54) is 29.6 Å². The van der Waals surface area contributed by atoms with Crippen molar-refractivity contribution in [3.63, 3.8) is 0 Å². The van der Waals surface area contributed by atoms with Crippen LogP contribution in [0.5, 0.6) is 0 Å². The van der Waals surface area contributed by atoms with Crippen LogP contribution in [0.2, 0.25) is 0 Å². The lowest BCUT2D eigenvalue weighted by atomic mass is 9.85. The fraction of sp³-hybridized carbons (Fsp3) is 0.500. The molecule has 0 aliphatic heterocycles. The predicted molar refractivity (Wildman–Crippen MR) is 68.6 cm³/mol. The molecular formula is C12H15ClFNO2S. The van der Waals surface area contributed by atoms with E-state index in [2.05, 4.69) is 0 Å². The highest BCUT2D eigenvalue weighted by Gasteiger charge is 2.32. The summed E-state index contributed by atoms with van der Waals surface area (Å²) in [5.41, 5.74) is 0. The van der Waals surface area contributed by atoms with Crippen molar-refractivity contribution < 1.29 is 12.8 Å². The molecule has 1 saturated carbocycles. The lowest BCUT2D eigenvalue weighted by Crippen LogP contribution is -2.38. The van der Waals surface area contributed by atoms with E-state index in [1.807, 2.05) is 0 Å². The molecule has 1 aromatic rings. The van der Waals surface area contributed by atoms with Crippen LogP contribution in [-0.4, -0.2) is 31.7 Å². The summed E-state index contributed by atoms with van der Waals surface area (Å²) in [6.07, 6.45) is 1.64. The smallest absolute Gasteiger partial charge is 0.207 e. The first-order chi connectivity index (χ1) is 8.41. The summed E-state index contributed by atoms with van der Waals surface area (Å²) in [5.74, 6) is -0.438. The molecule has 1 aliphatic rings. The number of hydrogen-bond acceptors (Lipinski definition) is 2. The summed E-state index contributed by atoms with van der Waals surface area (Å²) < 4.78 is 39.0. The largest absolute Gasteiger partial charge is 0.245 e. The summed E-state index contributed by atoms with van der Waals surface area (Å²) in [6, 6.07) is 5.42. The Hall–Kier alpha value is -0.650. The molecule has 0 unspecified atom stereocenters. The Labute approximate surface area is 112 Å². The number of halogens is 2. The molecule has 0 N–H and O–H groups in total. The molecule has 0 amide bonds. The van der Waals surface area contributed by atoms with Crippen LogP contribution < -0.4 is 0 Å². The zero-order valence-corrected chi connectivity index (χ0v) is 11.6. The Balaban J connectivity index is 2.13. The zero-order chi connectivity index (χ0) is 13.3. The van der Waals surface area contributed by atoms with Crippen LogP contribution in [0, 0.1) is 11.7 Å². The molecule has 3 nitrogen and oxygen atoms in total. The molecule has 0 aromatic heterocycles. The van der Waals surface area contributed by atoms with Gasteiger partial charge in [-0.05, 0) is 30.9 Å². The average Bonchev–Trinajstić information content (AvgIpc) is 2.27. The minimum absolute atomic E-state index is 0.152. The van der Waals surface area contributed by atoms with Crippen LogP contribution >= 0.6 is 11.6 Å². The van der Waals surface area contributed by atoms with E-state index in [1.54, 1.807) is 0 Å². The highest BCUT2D eigenvalue weighted by Crippen LogP contribution is 2.33. The second kappa shape index (κ2) is 5.15. The number of hydrogen-bond donors (Lipinski definition) is 0. The summed E-state index contributed by atoms with van der Waals surface area (Å²) >= 11 is 5.86. The fourth-order valence-corrected chi connectivity index (χ4v) is 3.90. The topological polar surface area (TPSA) is 37.4 Å². The van der Waals surface area contributed by atoms with E-state index in [9.17, 15) is 12.8 Å². The molecule has 0 saturated heterocycles. The maximum Gasteiger partial charge on any atom is 0.245 e. The van der Waals surface area contributed by atoms with Crippen molar-refractivity contribution in [2.75, 3.05) is 13.6 Å². The Morgan fingerprint density at radius 1 is 1.39 bits per heavy atom. The number of rotatable bonds is 4. The van der Waals surface area contributed by atoms with Crippen molar-refractivity contribution in [1.82, 2.24) is 4.31 Å². The second-order valence-electron chi connectivity index (χ2n) is 4.65. The summed E-state index contributed by atoms with van der Waals surface area (Å²) in [7, 11) is -2.27. The van der Waals surface area contributed by atoms with Gasteiger partial charge in [0.05, 0.1) is 0 Å². The molecule has 6 heteroatoms. The molecule has 0 radical (unpaired) electrons. The third kappa shape index (κ3) is 2.68. The van der Waals surface area contributed by atoms with Crippen LogP contribution in [-0.2, 0) is 10.0 Å². The van der Waals surface area contributed by atoms with E-state index in [-0.39, 0.29) is 16.2 Å². The third-order valence-electron chi connectivity index (χ3n) is 3.22. The van der Waals surface area contributed by atoms with Crippen LogP contribution in [0.15, 0.2) is 29.2 Å². The monoisotopic (exact) mass is 291 g/mol. The second-order valence-corrected chi connectivity index (χ2v) is 7.28. The Morgan fingerprint density at radius 3 is 2.56 bits per heavy atom. The standard InChI is InChI=1S/C12H15ClFNO2S/c1-15(8-9-6-10(13)7-9)18(16,17)12-5-3-2-4-11(12)14/h2-5,9-10H,6-8H2,1H3. The van der Waals surface area contributed by atoms with Gasteiger partial charge < -0.3 is 0 Å². The first-order valence-corrected chi connectivity index (χ1v) is 7.64. The highest BCUT2D eigenvalue weighted by molar-refractivity contribution is 7.89. The molecule has 0 bridgehead atoms. The lowest BCUT2D eigenvalue weighted by Gasteiger charge is -2.33. The third-order valence-corrected chi connectivity index (χ3v) is 5.43. The SMILES string of the molecule is CN(CC1CC(Cl)C1)S(=O)(=O)c1ccccc1F. The van der Waals surface area contributed by atoms with E-state index < -0.39 is 15.8 Å². The average molecular weight is 292 g/mol. The van der Waals surface area contributed by atoms with Gasteiger partial charge in [-0.3, -0.25) is 0 Å². The molecule has 1 aromatic carbocycles. The van der Waals surface area contributed by atoms with Crippen molar-refractivity contribution >= 4 is 21.6 Å². The maximum atomic E-state index is 13.5. The van der Waals surface area contributed by atoms with Gasteiger partial charge in [-0.2, -0.15) is 0 Å². The van der Waals surface area contributed by atoms with Crippen molar-refractivity contribution in [1.29, 1.82) is 0 Å². The number of sulfonamides is 1. The molecule has 0 atom stereocenters. The van der Waals surface area contributed by atoms with Crippen LogP contribution in [0.4, 0.5) is 4.39 Å². The van der Waals surface area contributed by atoms with Gasteiger partial charge in [-0.25, -0.2) is 17.1 Å². The molecule has 1 aliphatic carbocycles. The van der Waals surface area contributed by atoms with Crippen molar-refractivity contribution in [3.05, 3.63) is 30.1 Å². The minimum Gasteiger partial charge on any atom is -0.207 e.